The van der Waals surface area contributed by atoms with Crippen LogP contribution in [-0.4, -0.2) is 39.6 Å². The average Bonchev–Trinajstić information content (AvgIpc) is 2.67. The topological polar surface area (TPSA) is 65.1 Å². The number of nitrogens with zero attached hydrogens (tertiary/aromatic N) is 1. The Labute approximate surface area is 167 Å². The van der Waals surface area contributed by atoms with E-state index in [1.165, 1.54) is 4.31 Å². The molecular formula is C21H27NO5S. The van der Waals surface area contributed by atoms with Crippen LogP contribution in [0.25, 0.3) is 0 Å². The number of sulfonamides is 1. The highest BCUT2D eigenvalue weighted by Gasteiger charge is 2.29. The molecule has 0 amide bonds. The van der Waals surface area contributed by atoms with Crippen molar-refractivity contribution in [3.05, 3.63) is 47.0 Å². The lowest BCUT2D eigenvalue weighted by Gasteiger charge is -2.29. The quantitative estimate of drug-likeness (QED) is 0.735. The Bertz CT molecular complexity index is 969. The van der Waals surface area contributed by atoms with Gasteiger partial charge in [-0.1, -0.05) is 0 Å². The van der Waals surface area contributed by atoms with E-state index in [4.69, 9.17) is 14.2 Å². The van der Waals surface area contributed by atoms with Crippen molar-refractivity contribution in [3.8, 4) is 17.2 Å². The predicted octanol–water partition coefficient (Wildman–Crippen LogP) is 3.55. The monoisotopic (exact) mass is 405 g/mol. The van der Waals surface area contributed by atoms with Crippen LogP contribution in [0.2, 0.25) is 0 Å². The zero-order chi connectivity index (χ0) is 20.5. The number of rotatable bonds is 6. The molecule has 0 fully saturated rings. The van der Waals surface area contributed by atoms with Crippen LogP contribution in [0.4, 0.5) is 0 Å². The molecule has 0 saturated heterocycles. The molecule has 6 nitrogen and oxygen atoms in total. The smallest absolute Gasteiger partial charge is 0.243 e. The van der Waals surface area contributed by atoms with Gasteiger partial charge in [-0.05, 0) is 74.2 Å². The second-order valence-corrected chi connectivity index (χ2v) is 9.10. The van der Waals surface area contributed by atoms with E-state index in [9.17, 15) is 8.42 Å². The maximum atomic E-state index is 13.2. The van der Waals surface area contributed by atoms with E-state index in [-0.39, 0.29) is 11.0 Å². The minimum atomic E-state index is -3.60. The van der Waals surface area contributed by atoms with Crippen LogP contribution in [0.15, 0.2) is 35.2 Å². The van der Waals surface area contributed by atoms with Crippen molar-refractivity contribution < 1.29 is 22.6 Å². The standard InChI is InChI=1S/C21H27NO5S/c1-14(2)27-19-7-6-18(10-15(19)3)28(23,24)22-9-8-16-11-20(25-4)21(26-5)12-17(16)13-22/h6-7,10-12,14H,8-9,13H2,1-5H3. The first-order valence-corrected chi connectivity index (χ1v) is 10.7. The van der Waals surface area contributed by atoms with Gasteiger partial charge in [0.2, 0.25) is 10.0 Å². The van der Waals surface area contributed by atoms with Gasteiger partial charge in [0, 0.05) is 13.1 Å². The Kier molecular flexibility index (Phi) is 5.86. The van der Waals surface area contributed by atoms with E-state index < -0.39 is 10.0 Å². The molecule has 28 heavy (non-hydrogen) atoms. The maximum Gasteiger partial charge on any atom is 0.243 e. The van der Waals surface area contributed by atoms with Crippen LogP contribution < -0.4 is 14.2 Å². The van der Waals surface area contributed by atoms with E-state index in [1.54, 1.807) is 32.4 Å². The lowest BCUT2D eigenvalue weighted by molar-refractivity contribution is 0.240. The molecule has 152 valence electrons. The van der Waals surface area contributed by atoms with E-state index in [2.05, 4.69) is 0 Å². The molecule has 2 aromatic carbocycles. The van der Waals surface area contributed by atoms with Gasteiger partial charge >= 0.3 is 0 Å². The summed E-state index contributed by atoms with van der Waals surface area (Å²) in [5, 5.41) is 0. The summed E-state index contributed by atoms with van der Waals surface area (Å²) in [6, 6.07) is 8.82. The fourth-order valence-electron chi connectivity index (χ4n) is 3.38. The first-order valence-electron chi connectivity index (χ1n) is 9.27. The van der Waals surface area contributed by atoms with Gasteiger partial charge in [0.25, 0.3) is 0 Å². The Morgan fingerprint density at radius 2 is 1.61 bits per heavy atom. The molecule has 1 aliphatic heterocycles. The first kappa shape index (κ1) is 20.5. The number of aryl methyl sites for hydroxylation is 1. The third kappa shape index (κ3) is 3.95. The molecule has 0 unspecified atom stereocenters. The number of fused-ring (bicyclic) bond motifs is 1. The lowest BCUT2D eigenvalue weighted by Crippen LogP contribution is -2.36. The Balaban J connectivity index is 1.89. The van der Waals surface area contributed by atoms with Gasteiger partial charge in [-0.25, -0.2) is 8.42 Å². The molecule has 3 rings (SSSR count). The molecule has 0 N–H and O–H groups in total. The fraction of sp³-hybridized carbons (Fsp3) is 0.429. The van der Waals surface area contributed by atoms with E-state index in [1.807, 2.05) is 32.9 Å². The number of hydrogen-bond donors (Lipinski definition) is 0. The molecule has 0 bridgehead atoms. The molecular weight excluding hydrogens is 378 g/mol. The summed E-state index contributed by atoms with van der Waals surface area (Å²) < 4.78 is 44.3. The molecule has 1 heterocycles. The summed E-state index contributed by atoms with van der Waals surface area (Å²) in [6.07, 6.45) is 0.661. The highest BCUT2D eigenvalue weighted by atomic mass is 32.2. The first-order chi connectivity index (χ1) is 13.3. The summed E-state index contributed by atoms with van der Waals surface area (Å²) >= 11 is 0. The second-order valence-electron chi connectivity index (χ2n) is 7.16. The van der Waals surface area contributed by atoms with Gasteiger partial charge in [0.15, 0.2) is 11.5 Å². The minimum absolute atomic E-state index is 0.0340. The van der Waals surface area contributed by atoms with Crippen molar-refractivity contribution in [2.45, 2.75) is 44.7 Å². The Morgan fingerprint density at radius 1 is 0.964 bits per heavy atom. The van der Waals surface area contributed by atoms with Crippen molar-refractivity contribution >= 4 is 10.0 Å². The van der Waals surface area contributed by atoms with Crippen molar-refractivity contribution in [2.75, 3.05) is 20.8 Å². The van der Waals surface area contributed by atoms with Gasteiger partial charge in [0.05, 0.1) is 25.2 Å². The van der Waals surface area contributed by atoms with Gasteiger partial charge in [-0.2, -0.15) is 4.31 Å². The van der Waals surface area contributed by atoms with Crippen molar-refractivity contribution in [3.63, 3.8) is 0 Å². The van der Waals surface area contributed by atoms with Crippen LogP contribution in [0.5, 0.6) is 17.2 Å². The predicted molar refractivity (Wildman–Crippen MR) is 108 cm³/mol. The number of benzene rings is 2. The summed E-state index contributed by atoms with van der Waals surface area (Å²) in [6.45, 7) is 6.48. The van der Waals surface area contributed by atoms with E-state index in [0.29, 0.717) is 36.8 Å². The SMILES string of the molecule is COc1cc2c(cc1OC)CN(S(=O)(=O)c1ccc(OC(C)C)c(C)c1)CC2. The molecule has 2 aromatic rings. The number of hydrogen-bond acceptors (Lipinski definition) is 5. The summed E-state index contributed by atoms with van der Waals surface area (Å²) in [5.74, 6) is 1.97. The zero-order valence-corrected chi connectivity index (χ0v) is 17.8. The molecule has 0 atom stereocenters. The highest BCUT2D eigenvalue weighted by Crippen LogP contribution is 2.35. The largest absolute Gasteiger partial charge is 0.493 e. The molecule has 0 radical (unpaired) electrons. The Hall–Kier alpha value is -2.25. The molecule has 0 aromatic heterocycles. The highest BCUT2D eigenvalue weighted by molar-refractivity contribution is 7.89. The maximum absolute atomic E-state index is 13.2. The summed E-state index contributed by atoms with van der Waals surface area (Å²) in [4.78, 5) is 0.282. The molecule has 7 heteroatoms. The molecule has 0 aliphatic carbocycles. The van der Waals surface area contributed by atoms with Gasteiger partial charge < -0.3 is 14.2 Å². The van der Waals surface area contributed by atoms with Crippen molar-refractivity contribution in [1.29, 1.82) is 0 Å². The van der Waals surface area contributed by atoms with Crippen molar-refractivity contribution in [1.82, 2.24) is 4.31 Å². The van der Waals surface area contributed by atoms with Gasteiger partial charge in [-0.3, -0.25) is 0 Å². The third-order valence-corrected chi connectivity index (χ3v) is 6.67. The summed E-state index contributed by atoms with van der Waals surface area (Å²) in [5.41, 5.74) is 2.82. The normalized spacial score (nSPS) is 14.6. The Morgan fingerprint density at radius 3 is 2.18 bits per heavy atom. The lowest BCUT2D eigenvalue weighted by atomic mass is 10.0. The fourth-order valence-corrected chi connectivity index (χ4v) is 4.88. The van der Waals surface area contributed by atoms with Gasteiger partial charge in [0.1, 0.15) is 5.75 Å². The average molecular weight is 406 g/mol. The van der Waals surface area contributed by atoms with Crippen LogP contribution in [-0.2, 0) is 23.0 Å². The molecule has 1 aliphatic rings. The van der Waals surface area contributed by atoms with E-state index >= 15 is 0 Å². The number of methoxy groups -OCH3 is 2. The van der Waals surface area contributed by atoms with E-state index in [0.717, 1.165) is 16.7 Å². The van der Waals surface area contributed by atoms with Crippen LogP contribution in [0, 0.1) is 6.92 Å². The van der Waals surface area contributed by atoms with Crippen LogP contribution in [0.1, 0.15) is 30.5 Å². The summed E-state index contributed by atoms with van der Waals surface area (Å²) in [7, 11) is -0.431. The second kappa shape index (κ2) is 8.01. The van der Waals surface area contributed by atoms with Crippen LogP contribution >= 0.6 is 0 Å². The van der Waals surface area contributed by atoms with Crippen molar-refractivity contribution in [2.24, 2.45) is 0 Å². The molecule has 0 spiro atoms. The van der Waals surface area contributed by atoms with Gasteiger partial charge in [-0.15, -0.1) is 0 Å². The minimum Gasteiger partial charge on any atom is -0.493 e. The van der Waals surface area contributed by atoms with Crippen LogP contribution in [0.3, 0.4) is 0 Å². The number of ether oxygens (including phenoxy) is 3. The zero-order valence-electron chi connectivity index (χ0n) is 17.0. The molecule has 0 saturated carbocycles. The third-order valence-electron chi connectivity index (χ3n) is 4.83.